The minimum Gasteiger partial charge on any atom is -0.339 e. The maximum Gasteiger partial charge on any atom is 0.222 e. The smallest absolute Gasteiger partial charge is 0.222 e. The molecule has 1 unspecified atom stereocenters. The number of hydrogen-bond donors (Lipinski definition) is 0. The Morgan fingerprint density at radius 3 is 2.31 bits per heavy atom. The number of nitrogens with zero attached hydrogens (tertiary/aromatic N) is 1. The second-order valence-corrected chi connectivity index (χ2v) is 4.79. The zero-order valence-electron chi connectivity index (χ0n) is 8.04. The highest BCUT2D eigenvalue weighted by Gasteiger charge is 2.55. The Bertz CT molecular complexity index is 226. The largest absolute Gasteiger partial charge is 0.339 e. The molecular weight excluding hydrogens is 162 g/mol. The molecule has 2 saturated carbocycles. The van der Waals surface area contributed by atoms with Crippen molar-refractivity contribution in [1.82, 2.24) is 4.90 Å². The SMILES string of the molecule is O=C1CCCN1C1[C@H]2CCCC[C@@H]12. The van der Waals surface area contributed by atoms with Gasteiger partial charge in [0.1, 0.15) is 0 Å². The molecule has 2 heteroatoms. The average Bonchev–Trinajstić information content (AvgIpc) is 2.73. The van der Waals surface area contributed by atoms with Gasteiger partial charge < -0.3 is 4.90 Å². The Morgan fingerprint density at radius 2 is 1.77 bits per heavy atom. The summed E-state index contributed by atoms with van der Waals surface area (Å²) in [7, 11) is 0. The van der Waals surface area contributed by atoms with E-state index in [2.05, 4.69) is 4.90 Å². The highest BCUT2D eigenvalue weighted by molar-refractivity contribution is 5.79. The van der Waals surface area contributed by atoms with Crippen LogP contribution in [-0.2, 0) is 4.79 Å². The number of carbonyl (C=O) groups excluding carboxylic acids is 1. The van der Waals surface area contributed by atoms with E-state index in [4.69, 9.17) is 0 Å². The van der Waals surface area contributed by atoms with Gasteiger partial charge in [-0.15, -0.1) is 0 Å². The first-order chi connectivity index (χ1) is 6.38. The summed E-state index contributed by atoms with van der Waals surface area (Å²) in [6, 6.07) is 0.678. The number of carbonyl (C=O) groups is 1. The van der Waals surface area contributed by atoms with E-state index < -0.39 is 0 Å². The van der Waals surface area contributed by atoms with E-state index in [0.29, 0.717) is 11.9 Å². The average molecular weight is 179 g/mol. The minimum atomic E-state index is 0.430. The quantitative estimate of drug-likeness (QED) is 0.601. The van der Waals surface area contributed by atoms with Crippen molar-refractivity contribution in [3.05, 3.63) is 0 Å². The second-order valence-electron chi connectivity index (χ2n) is 4.79. The third-order valence-electron chi connectivity index (χ3n) is 4.08. The summed E-state index contributed by atoms with van der Waals surface area (Å²) in [5.74, 6) is 2.23. The first-order valence-electron chi connectivity index (χ1n) is 5.67. The van der Waals surface area contributed by atoms with Crippen molar-refractivity contribution in [2.45, 2.75) is 44.6 Å². The lowest BCUT2D eigenvalue weighted by Crippen LogP contribution is -2.28. The molecule has 0 spiro atoms. The number of fused-ring (bicyclic) bond motifs is 1. The molecule has 3 atom stereocenters. The first-order valence-corrected chi connectivity index (χ1v) is 5.67. The summed E-state index contributed by atoms with van der Waals surface area (Å²) in [5.41, 5.74) is 0. The lowest BCUT2D eigenvalue weighted by atomic mass is 10.0. The first kappa shape index (κ1) is 7.84. The fraction of sp³-hybridized carbons (Fsp3) is 0.909. The van der Waals surface area contributed by atoms with Crippen LogP contribution in [0.1, 0.15) is 38.5 Å². The molecule has 13 heavy (non-hydrogen) atoms. The molecule has 1 saturated heterocycles. The minimum absolute atomic E-state index is 0.430. The lowest BCUT2D eigenvalue weighted by Gasteiger charge is -2.15. The lowest BCUT2D eigenvalue weighted by molar-refractivity contribution is -0.128. The van der Waals surface area contributed by atoms with Gasteiger partial charge >= 0.3 is 0 Å². The molecule has 1 amide bonds. The van der Waals surface area contributed by atoms with Crippen LogP contribution in [0.2, 0.25) is 0 Å². The highest BCUT2D eigenvalue weighted by atomic mass is 16.2. The molecule has 3 aliphatic rings. The normalized spacial score (nSPS) is 43.5. The van der Waals surface area contributed by atoms with Crippen LogP contribution in [0.4, 0.5) is 0 Å². The van der Waals surface area contributed by atoms with Gasteiger partial charge in [-0.05, 0) is 31.1 Å². The van der Waals surface area contributed by atoms with Gasteiger partial charge in [0.2, 0.25) is 5.91 Å². The fourth-order valence-electron chi connectivity index (χ4n) is 3.40. The van der Waals surface area contributed by atoms with E-state index >= 15 is 0 Å². The van der Waals surface area contributed by atoms with E-state index in [9.17, 15) is 4.79 Å². The molecule has 72 valence electrons. The molecule has 0 aromatic carbocycles. The Hall–Kier alpha value is -0.530. The zero-order valence-corrected chi connectivity index (χ0v) is 8.04. The summed E-state index contributed by atoms with van der Waals surface area (Å²) in [6.07, 6.45) is 7.50. The van der Waals surface area contributed by atoms with E-state index in [1.54, 1.807) is 0 Å². The molecule has 1 aliphatic heterocycles. The number of likely N-dealkylation sites (tertiary alicyclic amines) is 1. The topological polar surface area (TPSA) is 20.3 Å². The third-order valence-corrected chi connectivity index (χ3v) is 4.08. The standard InChI is InChI=1S/C11H17NO/c13-10-6-3-7-12(10)11-8-4-1-2-5-9(8)11/h8-9,11H,1-7H2/t8-,9+,11?. The summed E-state index contributed by atoms with van der Waals surface area (Å²) in [5, 5.41) is 0. The third kappa shape index (κ3) is 1.11. The van der Waals surface area contributed by atoms with E-state index in [-0.39, 0.29) is 0 Å². The van der Waals surface area contributed by atoms with Gasteiger partial charge in [-0.3, -0.25) is 4.79 Å². The van der Waals surface area contributed by atoms with E-state index in [0.717, 1.165) is 31.2 Å². The van der Waals surface area contributed by atoms with Crippen LogP contribution in [0.3, 0.4) is 0 Å². The summed E-state index contributed by atoms with van der Waals surface area (Å²) >= 11 is 0. The predicted octanol–water partition coefficient (Wildman–Crippen LogP) is 1.80. The van der Waals surface area contributed by atoms with Crippen LogP contribution in [0.5, 0.6) is 0 Å². The van der Waals surface area contributed by atoms with Crippen LogP contribution in [0.25, 0.3) is 0 Å². The van der Waals surface area contributed by atoms with Crippen LogP contribution >= 0.6 is 0 Å². The van der Waals surface area contributed by atoms with Gasteiger partial charge in [-0.1, -0.05) is 12.8 Å². The highest BCUT2D eigenvalue weighted by Crippen LogP contribution is 2.53. The maximum absolute atomic E-state index is 11.5. The van der Waals surface area contributed by atoms with Gasteiger partial charge in [-0.25, -0.2) is 0 Å². The van der Waals surface area contributed by atoms with Gasteiger partial charge in [0.05, 0.1) is 0 Å². The molecule has 0 N–H and O–H groups in total. The van der Waals surface area contributed by atoms with Crippen molar-refractivity contribution in [3.63, 3.8) is 0 Å². The fourth-order valence-corrected chi connectivity index (χ4v) is 3.40. The molecule has 1 heterocycles. The van der Waals surface area contributed by atoms with Crippen molar-refractivity contribution in [3.8, 4) is 0 Å². The molecule has 0 radical (unpaired) electrons. The molecule has 0 bridgehead atoms. The van der Waals surface area contributed by atoms with Crippen molar-refractivity contribution >= 4 is 5.91 Å². The molecule has 3 rings (SSSR count). The Kier molecular flexibility index (Phi) is 1.64. The predicted molar refractivity (Wildman–Crippen MR) is 50.2 cm³/mol. The molecule has 3 fully saturated rings. The van der Waals surface area contributed by atoms with Gasteiger partial charge in [-0.2, -0.15) is 0 Å². The molecule has 0 aromatic heterocycles. The summed E-state index contributed by atoms with van der Waals surface area (Å²) in [6.45, 7) is 1.05. The van der Waals surface area contributed by atoms with Crippen molar-refractivity contribution in [1.29, 1.82) is 0 Å². The van der Waals surface area contributed by atoms with Gasteiger partial charge in [0.15, 0.2) is 0 Å². The van der Waals surface area contributed by atoms with E-state index in [1.807, 2.05) is 0 Å². The van der Waals surface area contributed by atoms with Gasteiger partial charge in [0.25, 0.3) is 0 Å². The Labute approximate surface area is 79.3 Å². The van der Waals surface area contributed by atoms with Crippen LogP contribution in [0, 0.1) is 11.8 Å². The van der Waals surface area contributed by atoms with Crippen LogP contribution < -0.4 is 0 Å². The molecular formula is C11H17NO. The Balaban J connectivity index is 1.70. The molecule has 2 aliphatic carbocycles. The number of hydrogen-bond acceptors (Lipinski definition) is 1. The summed E-state index contributed by atoms with van der Waals surface area (Å²) in [4.78, 5) is 13.7. The zero-order chi connectivity index (χ0) is 8.84. The Morgan fingerprint density at radius 1 is 1.08 bits per heavy atom. The van der Waals surface area contributed by atoms with Crippen LogP contribution in [-0.4, -0.2) is 23.4 Å². The van der Waals surface area contributed by atoms with Crippen molar-refractivity contribution in [2.24, 2.45) is 11.8 Å². The van der Waals surface area contributed by atoms with Crippen LogP contribution in [0.15, 0.2) is 0 Å². The maximum atomic E-state index is 11.5. The molecule has 2 nitrogen and oxygen atoms in total. The van der Waals surface area contributed by atoms with Gasteiger partial charge in [0, 0.05) is 19.0 Å². The number of rotatable bonds is 1. The molecule has 0 aromatic rings. The monoisotopic (exact) mass is 179 g/mol. The summed E-state index contributed by atoms with van der Waals surface area (Å²) < 4.78 is 0. The number of amides is 1. The van der Waals surface area contributed by atoms with Crippen molar-refractivity contribution < 1.29 is 4.79 Å². The van der Waals surface area contributed by atoms with E-state index in [1.165, 1.54) is 25.7 Å². The van der Waals surface area contributed by atoms with Crippen molar-refractivity contribution in [2.75, 3.05) is 6.54 Å². The second kappa shape index (κ2) is 2.73.